The van der Waals surface area contributed by atoms with Crippen LogP contribution in [0.1, 0.15) is 16.1 Å². The molecule has 1 heterocycles. The Morgan fingerprint density at radius 3 is 2.20 bits per heavy atom. The lowest BCUT2D eigenvalue weighted by Gasteiger charge is -2.08. The number of pyridine rings is 1. The van der Waals surface area contributed by atoms with Gasteiger partial charge in [-0.2, -0.15) is 0 Å². The molecule has 6 heteroatoms. The van der Waals surface area contributed by atoms with Crippen LogP contribution in [-0.4, -0.2) is 10.9 Å². The second kappa shape index (κ2) is 7.09. The van der Waals surface area contributed by atoms with Crippen LogP contribution in [0.15, 0.2) is 60.8 Å². The van der Waals surface area contributed by atoms with Gasteiger partial charge in [0.1, 0.15) is 23.1 Å². The number of anilines is 1. The quantitative estimate of drug-likeness (QED) is 0.748. The van der Waals surface area contributed by atoms with Crippen LogP contribution in [0, 0.1) is 18.6 Å². The SMILES string of the molecule is Cc1ccc(Oc2ccc(NC(=O)c3cc(F)cc(F)c3)cc2)cn1. The lowest BCUT2D eigenvalue weighted by Crippen LogP contribution is -2.12. The highest BCUT2D eigenvalue weighted by Gasteiger charge is 2.09. The standard InChI is InChI=1S/C19H14F2N2O2/c1-12-2-5-18(11-22-12)25-17-6-3-16(4-7-17)23-19(24)13-8-14(20)10-15(21)9-13/h2-11H,1H3,(H,23,24). The van der Waals surface area contributed by atoms with Crippen molar-refractivity contribution in [1.82, 2.24) is 4.98 Å². The lowest BCUT2D eigenvalue weighted by molar-refractivity contribution is 0.102. The molecule has 0 aliphatic rings. The number of rotatable bonds is 4. The Hall–Kier alpha value is -3.28. The van der Waals surface area contributed by atoms with E-state index in [1.165, 1.54) is 0 Å². The summed E-state index contributed by atoms with van der Waals surface area (Å²) in [4.78, 5) is 16.2. The molecule has 0 aliphatic carbocycles. The van der Waals surface area contributed by atoms with E-state index in [1.54, 1.807) is 36.5 Å². The molecule has 3 rings (SSSR count). The van der Waals surface area contributed by atoms with Crippen LogP contribution in [0.2, 0.25) is 0 Å². The lowest BCUT2D eigenvalue weighted by atomic mass is 10.2. The normalized spacial score (nSPS) is 10.4. The summed E-state index contributed by atoms with van der Waals surface area (Å²) in [5.41, 5.74) is 1.27. The summed E-state index contributed by atoms with van der Waals surface area (Å²) < 4.78 is 32.0. The third kappa shape index (κ3) is 4.38. The van der Waals surface area contributed by atoms with Crippen LogP contribution >= 0.6 is 0 Å². The number of amides is 1. The summed E-state index contributed by atoms with van der Waals surface area (Å²) in [6, 6.07) is 12.9. The van der Waals surface area contributed by atoms with Crippen molar-refractivity contribution in [1.29, 1.82) is 0 Å². The van der Waals surface area contributed by atoms with Gasteiger partial charge in [-0.25, -0.2) is 8.78 Å². The molecule has 2 aromatic carbocycles. The first kappa shape index (κ1) is 16.6. The average molecular weight is 340 g/mol. The Balaban J connectivity index is 1.67. The molecule has 1 aromatic heterocycles. The molecule has 4 nitrogen and oxygen atoms in total. The number of hydrogen-bond donors (Lipinski definition) is 1. The number of halogens is 2. The van der Waals surface area contributed by atoms with E-state index in [0.29, 0.717) is 23.3 Å². The van der Waals surface area contributed by atoms with E-state index in [4.69, 9.17) is 4.74 Å². The number of aromatic nitrogens is 1. The molecule has 0 aliphatic heterocycles. The molecular weight excluding hydrogens is 326 g/mol. The maximum absolute atomic E-state index is 13.2. The van der Waals surface area contributed by atoms with E-state index in [1.807, 2.05) is 13.0 Å². The van der Waals surface area contributed by atoms with Gasteiger partial charge in [-0.15, -0.1) is 0 Å². The molecule has 25 heavy (non-hydrogen) atoms. The van der Waals surface area contributed by atoms with Gasteiger partial charge in [0.2, 0.25) is 0 Å². The van der Waals surface area contributed by atoms with Gasteiger partial charge in [0.15, 0.2) is 0 Å². The smallest absolute Gasteiger partial charge is 0.255 e. The molecule has 0 atom stereocenters. The van der Waals surface area contributed by atoms with Gasteiger partial charge in [-0.05, 0) is 55.5 Å². The number of nitrogens with one attached hydrogen (secondary N) is 1. The monoisotopic (exact) mass is 340 g/mol. The Morgan fingerprint density at radius 1 is 0.960 bits per heavy atom. The van der Waals surface area contributed by atoms with Crippen molar-refractivity contribution in [3.05, 3.63) is 83.7 Å². The van der Waals surface area contributed by atoms with Gasteiger partial charge in [-0.3, -0.25) is 9.78 Å². The van der Waals surface area contributed by atoms with Gasteiger partial charge in [-0.1, -0.05) is 0 Å². The third-order valence-corrected chi connectivity index (χ3v) is 3.36. The van der Waals surface area contributed by atoms with E-state index < -0.39 is 17.5 Å². The highest BCUT2D eigenvalue weighted by Crippen LogP contribution is 2.23. The predicted molar refractivity (Wildman–Crippen MR) is 89.8 cm³/mol. The summed E-state index contributed by atoms with van der Waals surface area (Å²) >= 11 is 0. The summed E-state index contributed by atoms with van der Waals surface area (Å²) in [6.07, 6.45) is 1.61. The van der Waals surface area contributed by atoms with Gasteiger partial charge >= 0.3 is 0 Å². The van der Waals surface area contributed by atoms with Crippen molar-refractivity contribution in [2.24, 2.45) is 0 Å². The van der Waals surface area contributed by atoms with Crippen LogP contribution in [0.5, 0.6) is 11.5 Å². The molecule has 1 amide bonds. The van der Waals surface area contributed by atoms with Crippen molar-refractivity contribution in [3.63, 3.8) is 0 Å². The first-order valence-corrected chi connectivity index (χ1v) is 7.47. The maximum Gasteiger partial charge on any atom is 0.255 e. The molecule has 0 saturated heterocycles. The number of nitrogens with zero attached hydrogens (tertiary/aromatic N) is 1. The van der Waals surface area contributed by atoms with E-state index in [-0.39, 0.29) is 5.56 Å². The highest BCUT2D eigenvalue weighted by molar-refractivity contribution is 6.04. The van der Waals surface area contributed by atoms with Crippen LogP contribution in [0.3, 0.4) is 0 Å². The molecule has 3 aromatic rings. The predicted octanol–water partition coefficient (Wildman–Crippen LogP) is 4.71. The zero-order chi connectivity index (χ0) is 17.8. The van der Waals surface area contributed by atoms with Gasteiger partial charge in [0, 0.05) is 23.0 Å². The number of ether oxygens (including phenoxy) is 1. The van der Waals surface area contributed by atoms with Crippen molar-refractivity contribution in [3.8, 4) is 11.5 Å². The van der Waals surface area contributed by atoms with Crippen LogP contribution in [0.4, 0.5) is 14.5 Å². The minimum Gasteiger partial charge on any atom is -0.456 e. The molecule has 0 fully saturated rings. The zero-order valence-electron chi connectivity index (χ0n) is 13.3. The fourth-order valence-electron chi connectivity index (χ4n) is 2.15. The number of carbonyl (C=O) groups is 1. The molecular formula is C19H14F2N2O2. The maximum atomic E-state index is 13.2. The van der Waals surface area contributed by atoms with Crippen LogP contribution in [-0.2, 0) is 0 Å². The Bertz CT molecular complexity index is 874. The number of carbonyl (C=O) groups excluding carboxylic acids is 1. The topological polar surface area (TPSA) is 51.2 Å². The molecule has 0 bridgehead atoms. The third-order valence-electron chi connectivity index (χ3n) is 3.36. The number of aryl methyl sites for hydroxylation is 1. The van der Waals surface area contributed by atoms with Crippen molar-refractivity contribution in [2.45, 2.75) is 6.92 Å². The van der Waals surface area contributed by atoms with Crippen molar-refractivity contribution >= 4 is 11.6 Å². The summed E-state index contributed by atoms with van der Waals surface area (Å²) in [7, 11) is 0. The second-order valence-electron chi connectivity index (χ2n) is 5.37. The molecule has 0 unspecified atom stereocenters. The summed E-state index contributed by atoms with van der Waals surface area (Å²) in [5.74, 6) is -1.05. The molecule has 126 valence electrons. The number of benzene rings is 2. The van der Waals surface area contributed by atoms with Crippen molar-refractivity contribution in [2.75, 3.05) is 5.32 Å². The van der Waals surface area contributed by atoms with E-state index >= 15 is 0 Å². The molecule has 0 spiro atoms. The average Bonchev–Trinajstić information content (AvgIpc) is 2.58. The van der Waals surface area contributed by atoms with E-state index in [9.17, 15) is 13.6 Å². The fraction of sp³-hybridized carbons (Fsp3) is 0.0526. The minimum absolute atomic E-state index is 0.0939. The second-order valence-corrected chi connectivity index (χ2v) is 5.37. The Kier molecular flexibility index (Phi) is 4.70. The van der Waals surface area contributed by atoms with Gasteiger partial charge < -0.3 is 10.1 Å². The van der Waals surface area contributed by atoms with Crippen LogP contribution < -0.4 is 10.1 Å². The Labute approximate surface area is 143 Å². The van der Waals surface area contributed by atoms with E-state index in [0.717, 1.165) is 17.8 Å². The van der Waals surface area contributed by atoms with Crippen LogP contribution in [0.25, 0.3) is 0 Å². The highest BCUT2D eigenvalue weighted by atomic mass is 19.1. The van der Waals surface area contributed by atoms with Gasteiger partial charge in [0.25, 0.3) is 5.91 Å². The molecule has 0 saturated carbocycles. The molecule has 0 radical (unpaired) electrons. The zero-order valence-corrected chi connectivity index (χ0v) is 13.3. The summed E-state index contributed by atoms with van der Waals surface area (Å²) in [6.45, 7) is 1.88. The Morgan fingerprint density at radius 2 is 1.60 bits per heavy atom. The minimum atomic E-state index is -0.805. The largest absolute Gasteiger partial charge is 0.456 e. The fourth-order valence-corrected chi connectivity index (χ4v) is 2.15. The van der Waals surface area contributed by atoms with Gasteiger partial charge in [0.05, 0.1) is 6.20 Å². The van der Waals surface area contributed by atoms with E-state index in [2.05, 4.69) is 10.3 Å². The molecule has 1 N–H and O–H groups in total. The number of hydrogen-bond acceptors (Lipinski definition) is 3. The first-order valence-electron chi connectivity index (χ1n) is 7.47. The first-order chi connectivity index (χ1) is 12.0. The summed E-state index contributed by atoms with van der Waals surface area (Å²) in [5, 5.41) is 2.57. The van der Waals surface area contributed by atoms with Crippen molar-refractivity contribution < 1.29 is 18.3 Å².